The third-order valence-corrected chi connectivity index (χ3v) is 4.44. The molecule has 0 spiro atoms. The number of para-hydroxylation sites is 1. The van der Waals surface area contributed by atoms with Crippen LogP contribution in [0.3, 0.4) is 0 Å². The SMILES string of the molecule is S=S1(=S)C=Nc2ccccc21.[Zn]. The Labute approximate surface area is 93.8 Å². The number of aliphatic imine (C=N–C) groups is 1. The maximum absolute atomic E-state index is 5.21. The fourth-order valence-corrected chi connectivity index (χ4v) is 3.14. The van der Waals surface area contributed by atoms with E-state index < -0.39 is 7.15 Å². The van der Waals surface area contributed by atoms with Crippen LogP contribution in [0.25, 0.3) is 0 Å². The van der Waals surface area contributed by atoms with Crippen LogP contribution in [0.15, 0.2) is 34.2 Å². The molecular weight excluding hydrogens is 260 g/mol. The average Bonchev–Trinajstić information content (AvgIpc) is 2.29. The summed E-state index contributed by atoms with van der Waals surface area (Å²) in [5.41, 5.74) is 2.68. The van der Waals surface area contributed by atoms with E-state index in [1.165, 1.54) is 0 Å². The van der Waals surface area contributed by atoms with Gasteiger partial charge in [0.2, 0.25) is 0 Å². The summed E-state index contributed by atoms with van der Waals surface area (Å²) in [6.07, 6.45) is 0. The van der Waals surface area contributed by atoms with Gasteiger partial charge >= 0.3 is 0 Å². The molecule has 0 amide bonds. The summed E-state index contributed by atoms with van der Waals surface area (Å²) in [4.78, 5) is 5.20. The van der Waals surface area contributed by atoms with Gasteiger partial charge in [-0.2, -0.15) is 0 Å². The minimum Gasteiger partial charge on any atom is -0.248 e. The fraction of sp³-hybridized carbons (Fsp3) is 0. The van der Waals surface area contributed by atoms with Crippen LogP contribution in [-0.2, 0) is 49.0 Å². The molecule has 1 heterocycles. The predicted molar refractivity (Wildman–Crippen MR) is 55.0 cm³/mol. The maximum Gasteiger partial charge on any atom is 0.0781 e. The Bertz CT molecular complexity index is 422. The molecule has 0 unspecified atom stereocenters. The minimum absolute atomic E-state index is 0. The van der Waals surface area contributed by atoms with Crippen LogP contribution in [-0.4, -0.2) is 5.55 Å². The molecule has 1 aliphatic heterocycles. The van der Waals surface area contributed by atoms with Crippen LogP contribution < -0.4 is 0 Å². The first-order chi connectivity index (χ1) is 5.20. The largest absolute Gasteiger partial charge is 0.248 e. The van der Waals surface area contributed by atoms with E-state index in [0.717, 1.165) is 10.6 Å². The number of nitrogens with zero attached hydrogens (tertiary/aromatic N) is 1. The molecule has 0 aromatic heterocycles. The van der Waals surface area contributed by atoms with Gasteiger partial charge in [0.05, 0.1) is 11.2 Å². The van der Waals surface area contributed by atoms with Gasteiger partial charge in [0.15, 0.2) is 0 Å². The molecule has 0 N–H and O–H groups in total. The maximum atomic E-state index is 5.21. The van der Waals surface area contributed by atoms with E-state index in [2.05, 4.69) is 4.99 Å². The summed E-state index contributed by atoms with van der Waals surface area (Å²) in [7, 11) is -1.53. The molecule has 5 heteroatoms. The Balaban J connectivity index is 0.000000720. The first kappa shape index (κ1) is 10.4. The average molecular weight is 265 g/mol. The van der Waals surface area contributed by atoms with Crippen molar-refractivity contribution in [1.82, 2.24) is 0 Å². The summed E-state index contributed by atoms with van der Waals surface area (Å²) in [6, 6.07) is 7.81. The molecule has 1 aliphatic rings. The Hall–Kier alpha value is 0.303. The quantitative estimate of drug-likeness (QED) is 0.663. The van der Waals surface area contributed by atoms with Gasteiger partial charge in [-0.3, -0.25) is 0 Å². The monoisotopic (exact) mass is 263 g/mol. The molecule has 0 saturated carbocycles. The smallest absolute Gasteiger partial charge is 0.0781 e. The second-order valence-electron chi connectivity index (χ2n) is 2.25. The number of rotatable bonds is 0. The summed E-state index contributed by atoms with van der Waals surface area (Å²) < 4.78 is 0. The molecule has 0 saturated heterocycles. The Morgan fingerprint density at radius 2 is 1.83 bits per heavy atom. The van der Waals surface area contributed by atoms with Crippen LogP contribution in [0.5, 0.6) is 0 Å². The molecule has 1 aromatic rings. The van der Waals surface area contributed by atoms with Gasteiger partial charge < -0.3 is 0 Å². The molecule has 1 nitrogen and oxygen atoms in total. The van der Waals surface area contributed by atoms with E-state index >= 15 is 0 Å². The van der Waals surface area contributed by atoms with E-state index in [1.807, 2.05) is 24.3 Å². The van der Waals surface area contributed by atoms with Crippen molar-refractivity contribution in [3.05, 3.63) is 24.3 Å². The molecule has 12 heavy (non-hydrogen) atoms. The molecule has 0 bridgehead atoms. The summed E-state index contributed by atoms with van der Waals surface area (Å²) in [5, 5.41) is 0. The Morgan fingerprint density at radius 3 is 2.50 bits per heavy atom. The number of hydrogen-bond acceptors (Lipinski definition) is 3. The van der Waals surface area contributed by atoms with Crippen LogP contribution >= 0.6 is 0 Å². The third-order valence-electron chi connectivity index (χ3n) is 1.50. The molecule has 0 fully saturated rings. The standard InChI is InChI=1S/C7H5NS3.Zn/c9-11(10)5-8-6-3-1-2-4-7(6)11;/h1-5H;. The first-order valence-corrected chi connectivity index (χ1v) is 6.63. The summed E-state index contributed by atoms with van der Waals surface area (Å²) >= 11 is 10.4. The predicted octanol–water partition coefficient (Wildman–Crippen LogP) is 1.79. The van der Waals surface area contributed by atoms with E-state index in [-0.39, 0.29) is 19.5 Å². The Kier molecular flexibility index (Phi) is 3.10. The van der Waals surface area contributed by atoms with E-state index in [0.29, 0.717) is 0 Å². The van der Waals surface area contributed by atoms with Gasteiger partial charge in [0.25, 0.3) is 0 Å². The molecular formula is C7H5NS3Zn. The molecule has 0 atom stereocenters. The number of hydrogen-bond donors (Lipinski definition) is 0. The minimum atomic E-state index is -1.53. The van der Waals surface area contributed by atoms with Crippen molar-refractivity contribution in [2.75, 3.05) is 0 Å². The topological polar surface area (TPSA) is 12.4 Å². The fourth-order valence-electron chi connectivity index (χ4n) is 0.987. The molecule has 0 radical (unpaired) electrons. The second kappa shape index (κ2) is 3.58. The first-order valence-electron chi connectivity index (χ1n) is 3.08. The molecule has 2 rings (SSSR count). The number of benzene rings is 1. The number of fused-ring (bicyclic) bond motifs is 1. The van der Waals surface area contributed by atoms with E-state index in [1.54, 1.807) is 5.55 Å². The van der Waals surface area contributed by atoms with Crippen molar-refractivity contribution < 1.29 is 19.5 Å². The van der Waals surface area contributed by atoms with E-state index in [4.69, 9.17) is 22.4 Å². The van der Waals surface area contributed by atoms with Crippen molar-refractivity contribution >= 4 is 40.8 Å². The van der Waals surface area contributed by atoms with Gasteiger partial charge in [-0.15, -0.1) is 0 Å². The van der Waals surface area contributed by atoms with Crippen LogP contribution in [0.1, 0.15) is 0 Å². The molecule has 58 valence electrons. The zero-order chi connectivity index (χ0) is 7.90. The normalized spacial score (nSPS) is 16.7. The van der Waals surface area contributed by atoms with E-state index in [9.17, 15) is 0 Å². The van der Waals surface area contributed by atoms with Gasteiger partial charge in [0, 0.05) is 24.4 Å². The van der Waals surface area contributed by atoms with Gasteiger partial charge in [-0.05, 0) is 41.7 Å². The molecule has 1 aromatic carbocycles. The van der Waals surface area contributed by atoms with Crippen molar-refractivity contribution in [3.63, 3.8) is 0 Å². The van der Waals surface area contributed by atoms with Crippen LogP contribution in [0.2, 0.25) is 0 Å². The second-order valence-corrected chi connectivity index (χ2v) is 7.78. The van der Waals surface area contributed by atoms with Crippen molar-refractivity contribution in [2.45, 2.75) is 4.90 Å². The van der Waals surface area contributed by atoms with Crippen LogP contribution in [0.4, 0.5) is 5.69 Å². The van der Waals surface area contributed by atoms with Crippen molar-refractivity contribution in [1.29, 1.82) is 0 Å². The van der Waals surface area contributed by atoms with Gasteiger partial charge in [0.1, 0.15) is 0 Å². The summed E-state index contributed by atoms with van der Waals surface area (Å²) in [6.45, 7) is 0. The van der Waals surface area contributed by atoms with Crippen molar-refractivity contribution in [3.8, 4) is 0 Å². The van der Waals surface area contributed by atoms with Gasteiger partial charge in [-0.25, -0.2) is 4.99 Å². The van der Waals surface area contributed by atoms with Gasteiger partial charge in [-0.1, -0.05) is 12.1 Å². The molecule has 0 aliphatic carbocycles. The third kappa shape index (κ3) is 1.64. The summed E-state index contributed by atoms with van der Waals surface area (Å²) in [5.74, 6) is 0. The zero-order valence-corrected chi connectivity index (χ0v) is 11.7. The van der Waals surface area contributed by atoms with Crippen molar-refractivity contribution in [2.24, 2.45) is 4.99 Å². The Morgan fingerprint density at radius 1 is 1.17 bits per heavy atom. The zero-order valence-electron chi connectivity index (χ0n) is 6.27. The van der Waals surface area contributed by atoms with Crippen LogP contribution in [0, 0.1) is 0 Å².